The first kappa shape index (κ1) is 9.34. The number of hydrogen-bond acceptors (Lipinski definition) is 1. The number of benzene rings is 2. The summed E-state index contributed by atoms with van der Waals surface area (Å²) < 4.78 is 13.9. The molecule has 0 amide bonds. The molecule has 1 nitrogen and oxygen atoms in total. The van der Waals surface area contributed by atoms with Gasteiger partial charge in [-0.05, 0) is 27.4 Å². The van der Waals surface area contributed by atoms with Crippen molar-refractivity contribution in [3.8, 4) is 0 Å². The summed E-state index contributed by atoms with van der Waals surface area (Å²) in [5.74, 6) is -0.321. The predicted octanol–water partition coefficient (Wildman–Crippen LogP) is 3.55. The second kappa shape index (κ2) is 3.50. The van der Waals surface area contributed by atoms with Crippen LogP contribution in [0, 0.1) is 5.82 Å². The zero-order valence-corrected chi connectivity index (χ0v) is 8.71. The summed E-state index contributed by atoms with van der Waals surface area (Å²) >= 11 is 3.16. The Bertz CT molecular complexity index is 508. The van der Waals surface area contributed by atoms with Crippen LogP contribution in [0.3, 0.4) is 0 Å². The van der Waals surface area contributed by atoms with Gasteiger partial charge in [0.2, 0.25) is 0 Å². The molecule has 0 aliphatic carbocycles. The average molecular weight is 253 g/mol. The molecule has 3 heteroatoms. The smallest absolute Gasteiger partial charge is 0.151 e. The molecule has 0 bridgehead atoms. The topological polar surface area (TPSA) is 17.1 Å². The van der Waals surface area contributed by atoms with Crippen LogP contribution in [0.1, 0.15) is 10.4 Å². The minimum atomic E-state index is -0.321. The molecule has 2 aromatic rings. The Kier molecular flexibility index (Phi) is 2.33. The fraction of sp³-hybridized carbons (Fsp3) is 0. The zero-order valence-electron chi connectivity index (χ0n) is 7.13. The number of carbonyl (C=O) groups excluding carboxylic acids is 1. The first-order valence-corrected chi connectivity index (χ1v) is 4.85. The summed E-state index contributed by atoms with van der Waals surface area (Å²) in [6.07, 6.45) is 0.728. The van der Waals surface area contributed by atoms with E-state index in [0.717, 1.165) is 6.29 Å². The SMILES string of the molecule is O=Cc1c(Br)cc(F)c2ccccc12. The maximum absolute atomic E-state index is 13.4. The molecule has 70 valence electrons. The molecule has 0 heterocycles. The minimum absolute atomic E-state index is 0.321. The lowest BCUT2D eigenvalue weighted by Crippen LogP contribution is -1.89. The third kappa shape index (κ3) is 1.34. The fourth-order valence-corrected chi connectivity index (χ4v) is 1.95. The summed E-state index contributed by atoms with van der Waals surface area (Å²) in [5, 5.41) is 1.10. The Labute approximate surface area is 88.7 Å². The van der Waals surface area contributed by atoms with E-state index in [9.17, 15) is 9.18 Å². The van der Waals surface area contributed by atoms with Crippen molar-refractivity contribution in [3.05, 3.63) is 46.2 Å². The maximum Gasteiger partial charge on any atom is 0.151 e. The molecule has 0 saturated carbocycles. The summed E-state index contributed by atoms with van der Waals surface area (Å²) in [7, 11) is 0. The first-order chi connectivity index (χ1) is 6.74. The molecular weight excluding hydrogens is 247 g/mol. The molecule has 0 radical (unpaired) electrons. The van der Waals surface area contributed by atoms with Crippen LogP contribution < -0.4 is 0 Å². The van der Waals surface area contributed by atoms with Crippen molar-refractivity contribution in [2.45, 2.75) is 0 Å². The highest BCUT2D eigenvalue weighted by Crippen LogP contribution is 2.27. The van der Waals surface area contributed by atoms with E-state index in [-0.39, 0.29) is 5.82 Å². The molecule has 2 rings (SSSR count). The molecule has 0 fully saturated rings. The van der Waals surface area contributed by atoms with Crippen LogP contribution in [0.4, 0.5) is 4.39 Å². The van der Waals surface area contributed by atoms with E-state index in [4.69, 9.17) is 0 Å². The lowest BCUT2D eigenvalue weighted by Gasteiger charge is -2.04. The lowest BCUT2D eigenvalue weighted by molar-refractivity contribution is 0.112. The number of hydrogen-bond donors (Lipinski definition) is 0. The molecule has 0 atom stereocenters. The van der Waals surface area contributed by atoms with E-state index in [1.807, 2.05) is 0 Å². The number of carbonyl (C=O) groups is 1. The van der Waals surface area contributed by atoms with Crippen LogP contribution in [-0.4, -0.2) is 6.29 Å². The van der Waals surface area contributed by atoms with Gasteiger partial charge in [0.1, 0.15) is 5.82 Å². The van der Waals surface area contributed by atoms with Gasteiger partial charge in [0.05, 0.1) is 0 Å². The van der Waals surface area contributed by atoms with E-state index >= 15 is 0 Å². The second-order valence-corrected chi connectivity index (χ2v) is 3.77. The Morgan fingerprint density at radius 3 is 2.50 bits per heavy atom. The van der Waals surface area contributed by atoms with Crippen LogP contribution in [0.15, 0.2) is 34.8 Å². The van der Waals surface area contributed by atoms with Crippen LogP contribution >= 0.6 is 15.9 Å². The van der Waals surface area contributed by atoms with Crippen LogP contribution in [0.2, 0.25) is 0 Å². The van der Waals surface area contributed by atoms with Gasteiger partial charge in [-0.3, -0.25) is 4.79 Å². The van der Waals surface area contributed by atoms with Gasteiger partial charge in [0.15, 0.2) is 6.29 Å². The van der Waals surface area contributed by atoms with E-state index in [1.165, 1.54) is 6.07 Å². The number of fused-ring (bicyclic) bond motifs is 1. The van der Waals surface area contributed by atoms with Crippen LogP contribution in [-0.2, 0) is 0 Å². The quantitative estimate of drug-likeness (QED) is 0.710. The first-order valence-electron chi connectivity index (χ1n) is 4.06. The van der Waals surface area contributed by atoms with Crippen molar-refractivity contribution in [1.29, 1.82) is 0 Å². The van der Waals surface area contributed by atoms with Gasteiger partial charge in [-0.15, -0.1) is 0 Å². The monoisotopic (exact) mass is 252 g/mol. The van der Waals surface area contributed by atoms with Gasteiger partial charge < -0.3 is 0 Å². The summed E-state index contributed by atoms with van der Waals surface area (Å²) in [4.78, 5) is 10.8. The molecule has 2 aromatic carbocycles. The van der Waals surface area contributed by atoms with Crippen molar-refractivity contribution in [3.63, 3.8) is 0 Å². The Balaban J connectivity index is 2.97. The van der Waals surface area contributed by atoms with Gasteiger partial charge in [0, 0.05) is 15.4 Å². The zero-order chi connectivity index (χ0) is 10.1. The lowest BCUT2D eigenvalue weighted by atomic mass is 10.1. The fourth-order valence-electron chi connectivity index (χ4n) is 1.44. The summed E-state index contributed by atoms with van der Waals surface area (Å²) in [6, 6.07) is 8.22. The highest BCUT2D eigenvalue weighted by atomic mass is 79.9. The predicted molar refractivity (Wildman–Crippen MR) is 57.0 cm³/mol. The standard InChI is InChI=1S/C11H6BrFO/c12-10-5-11(13)8-4-2-1-3-7(8)9(10)6-14/h1-6H. The average Bonchev–Trinajstić information content (AvgIpc) is 2.18. The number of aldehydes is 1. The third-order valence-corrected chi connectivity index (χ3v) is 2.76. The normalized spacial score (nSPS) is 10.4. The number of rotatable bonds is 1. The Morgan fingerprint density at radius 2 is 1.86 bits per heavy atom. The van der Waals surface area contributed by atoms with Gasteiger partial charge >= 0.3 is 0 Å². The van der Waals surface area contributed by atoms with Gasteiger partial charge in [-0.1, -0.05) is 24.3 Å². The maximum atomic E-state index is 13.4. The van der Waals surface area contributed by atoms with E-state index in [1.54, 1.807) is 24.3 Å². The van der Waals surface area contributed by atoms with E-state index in [2.05, 4.69) is 15.9 Å². The highest BCUT2D eigenvalue weighted by molar-refractivity contribution is 9.10. The molecule has 0 spiro atoms. The molecule has 0 aliphatic rings. The summed E-state index contributed by atoms with van der Waals surface area (Å²) in [6.45, 7) is 0. The van der Waals surface area contributed by atoms with E-state index < -0.39 is 0 Å². The van der Waals surface area contributed by atoms with Crippen molar-refractivity contribution in [2.24, 2.45) is 0 Å². The van der Waals surface area contributed by atoms with Crippen molar-refractivity contribution < 1.29 is 9.18 Å². The molecule has 0 aliphatic heterocycles. The molecular formula is C11H6BrFO. The van der Waals surface area contributed by atoms with Crippen molar-refractivity contribution in [2.75, 3.05) is 0 Å². The molecule has 14 heavy (non-hydrogen) atoms. The Hall–Kier alpha value is -1.22. The molecule has 0 saturated heterocycles. The second-order valence-electron chi connectivity index (χ2n) is 2.92. The van der Waals surface area contributed by atoms with Crippen LogP contribution in [0.5, 0.6) is 0 Å². The van der Waals surface area contributed by atoms with Gasteiger partial charge in [0.25, 0.3) is 0 Å². The van der Waals surface area contributed by atoms with Crippen molar-refractivity contribution >= 4 is 33.0 Å². The summed E-state index contributed by atoms with van der Waals surface area (Å²) in [5.41, 5.74) is 0.488. The highest BCUT2D eigenvalue weighted by Gasteiger charge is 2.08. The van der Waals surface area contributed by atoms with Gasteiger partial charge in [-0.25, -0.2) is 4.39 Å². The molecule has 0 unspecified atom stereocenters. The third-order valence-electron chi connectivity index (χ3n) is 2.10. The molecule has 0 N–H and O–H groups in total. The van der Waals surface area contributed by atoms with Crippen LogP contribution in [0.25, 0.3) is 10.8 Å². The van der Waals surface area contributed by atoms with Crippen molar-refractivity contribution in [1.82, 2.24) is 0 Å². The van der Waals surface area contributed by atoms with Gasteiger partial charge in [-0.2, -0.15) is 0 Å². The molecule has 0 aromatic heterocycles. The number of halogens is 2. The minimum Gasteiger partial charge on any atom is -0.298 e. The van der Waals surface area contributed by atoms with E-state index in [0.29, 0.717) is 20.8 Å². The largest absolute Gasteiger partial charge is 0.298 e. The Morgan fingerprint density at radius 1 is 1.21 bits per heavy atom.